The Morgan fingerprint density at radius 2 is 1.90 bits per heavy atom. The number of sulfone groups is 1. The van der Waals surface area contributed by atoms with E-state index in [1.807, 2.05) is 24.3 Å². The van der Waals surface area contributed by atoms with Gasteiger partial charge in [0.2, 0.25) is 0 Å². The fourth-order valence-electron chi connectivity index (χ4n) is 2.06. The zero-order valence-electron chi connectivity index (χ0n) is 11.4. The lowest BCUT2D eigenvalue weighted by molar-refractivity contribution is 0.495. The first kappa shape index (κ1) is 18.5. The highest BCUT2D eigenvalue weighted by molar-refractivity contribution is 9.09. The van der Waals surface area contributed by atoms with Crippen LogP contribution in [0.1, 0.15) is 25.3 Å². The zero-order valence-corrected chi connectivity index (χ0v) is 16.2. The van der Waals surface area contributed by atoms with Crippen LogP contribution in [0, 0.1) is 0 Å². The molecule has 0 spiro atoms. The average molecular weight is 447 g/mol. The van der Waals surface area contributed by atoms with Crippen LogP contribution in [0.5, 0.6) is 0 Å². The summed E-state index contributed by atoms with van der Waals surface area (Å²) in [6.07, 6.45) is 1.45. The van der Waals surface area contributed by atoms with E-state index in [2.05, 4.69) is 31.9 Å². The van der Waals surface area contributed by atoms with E-state index >= 15 is 0 Å². The van der Waals surface area contributed by atoms with Gasteiger partial charge in [-0.05, 0) is 30.5 Å². The van der Waals surface area contributed by atoms with E-state index in [0.29, 0.717) is 11.4 Å². The van der Waals surface area contributed by atoms with Crippen molar-refractivity contribution in [3.05, 3.63) is 34.9 Å². The van der Waals surface area contributed by atoms with Crippen molar-refractivity contribution in [1.29, 1.82) is 0 Å². The monoisotopic (exact) mass is 444 g/mol. The van der Waals surface area contributed by atoms with Crippen molar-refractivity contribution in [2.24, 2.45) is 0 Å². The molecule has 0 amide bonds. The molecule has 1 aromatic rings. The summed E-state index contributed by atoms with van der Waals surface area (Å²) in [6, 6.07) is 7.78. The van der Waals surface area contributed by atoms with Crippen LogP contribution < -0.4 is 0 Å². The summed E-state index contributed by atoms with van der Waals surface area (Å²) in [5.74, 6) is 0.450. The molecule has 0 heterocycles. The van der Waals surface area contributed by atoms with Crippen molar-refractivity contribution in [2.75, 3.05) is 22.2 Å². The summed E-state index contributed by atoms with van der Waals surface area (Å²) < 4.78 is 23.2. The standard InChI is InChI=1S/C14H19Br2ClO2S/c1-2-20(18,19)8-4-7-14(10-15,11-16)12-5-3-6-13(17)9-12/h3,5-6,9H,2,4,7-8,10-11H2,1H3. The maximum atomic E-state index is 11.6. The van der Waals surface area contributed by atoms with Crippen molar-refractivity contribution < 1.29 is 8.42 Å². The number of hydrogen-bond acceptors (Lipinski definition) is 2. The van der Waals surface area contributed by atoms with Crippen molar-refractivity contribution in [2.45, 2.75) is 25.2 Å². The highest BCUT2D eigenvalue weighted by atomic mass is 79.9. The van der Waals surface area contributed by atoms with Gasteiger partial charge >= 0.3 is 0 Å². The predicted molar refractivity (Wildman–Crippen MR) is 94.3 cm³/mol. The molecule has 1 aromatic carbocycles. The third-order valence-corrected chi connectivity index (χ3v) is 7.67. The van der Waals surface area contributed by atoms with Crippen LogP contribution in [0.3, 0.4) is 0 Å². The van der Waals surface area contributed by atoms with Crippen LogP contribution in [0.25, 0.3) is 0 Å². The van der Waals surface area contributed by atoms with Crippen molar-refractivity contribution in [1.82, 2.24) is 0 Å². The van der Waals surface area contributed by atoms with Crippen LogP contribution in [-0.2, 0) is 15.3 Å². The number of hydrogen-bond donors (Lipinski definition) is 0. The summed E-state index contributed by atoms with van der Waals surface area (Å²) in [7, 11) is -2.91. The van der Waals surface area contributed by atoms with Gasteiger partial charge in [0.1, 0.15) is 9.84 Å². The van der Waals surface area contributed by atoms with Gasteiger partial charge in [-0.1, -0.05) is 62.5 Å². The fourth-order valence-corrected chi connectivity index (χ4v) is 5.26. The minimum Gasteiger partial charge on any atom is -0.229 e. The van der Waals surface area contributed by atoms with Gasteiger partial charge in [-0.25, -0.2) is 8.42 Å². The van der Waals surface area contributed by atoms with Crippen LogP contribution >= 0.6 is 43.5 Å². The van der Waals surface area contributed by atoms with Crippen LogP contribution in [0.2, 0.25) is 5.02 Å². The van der Waals surface area contributed by atoms with Crippen LogP contribution in [0.15, 0.2) is 24.3 Å². The van der Waals surface area contributed by atoms with Gasteiger partial charge in [-0.15, -0.1) is 0 Å². The lowest BCUT2D eigenvalue weighted by Crippen LogP contribution is -2.31. The first-order chi connectivity index (χ1) is 9.39. The van der Waals surface area contributed by atoms with Gasteiger partial charge in [0, 0.05) is 26.9 Å². The Bertz CT molecular complexity index is 528. The molecule has 0 aliphatic heterocycles. The highest BCUT2D eigenvalue weighted by Crippen LogP contribution is 2.35. The average Bonchev–Trinajstić information content (AvgIpc) is 2.44. The molecule has 0 aliphatic rings. The number of halogens is 3. The van der Waals surface area contributed by atoms with Gasteiger partial charge in [0.05, 0.1) is 5.75 Å². The first-order valence-corrected chi connectivity index (χ1v) is 10.9. The molecule has 114 valence electrons. The third-order valence-electron chi connectivity index (χ3n) is 3.50. The Morgan fingerprint density at radius 1 is 1.25 bits per heavy atom. The lowest BCUT2D eigenvalue weighted by Gasteiger charge is -2.31. The molecule has 0 unspecified atom stereocenters. The van der Waals surface area contributed by atoms with E-state index in [9.17, 15) is 8.42 Å². The molecule has 20 heavy (non-hydrogen) atoms. The van der Waals surface area contributed by atoms with Gasteiger partial charge in [0.25, 0.3) is 0 Å². The molecule has 0 atom stereocenters. The second-order valence-electron chi connectivity index (χ2n) is 4.90. The molecule has 0 aliphatic carbocycles. The molecule has 0 fully saturated rings. The molecular formula is C14H19Br2ClO2S. The normalized spacial score (nSPS) is 12.6. The summed E-state index contributed by atoms with van der Waals surface area (Å²) in [5, 5.41) is 2.23. The Balaban J connectivity index is 2.88. The molecule has 0 bridgehead atoms. The summed E-state index contributed by atoms with van der Waals surface area (Å²) in [6.45, 7) is 1.69. The van der Waals surface area contributed by atoms with E-state index < -0.39 is 9.84 Å². The molecule has 0 aromatic heterocycles. The topological polar surface area (TPSA) is 34.1 Å². The molecule has 0 saturated heterocycles. The third kappa shape index (κ3) is 5.00. The minimum absolute atomic E-state index is 0.131. The Hall–Kier alpha value is 0.420. The lowest BCUT2D eigenvalue weighted by atomic mass is 9.80. The molecule has 0 N–H and O–H groups in total. The second-order valence-corrected chi connectivity index (χ2v) is 8.93. The number of benzene rings is 1. The van der Waals surface area contributed by atoms with E-state index in [1.165, 1.54) is 0 Å². The summed E-state index contributed by atoms with van der Waals surface area (Å²) in [5.41, 5.74) is 1.00. The maximum absolute atomic E-state index is 11.6. The zero-order chi connectivity index (χ0) is 15.2. The molecule has 0 saturated carbocycles. The molecule has 1 rings (SSSR count). The second kappa shape index (κ2) is 8.16. The predicted octanol–water partition coefficient (Wildman–Crippen LogP) is 4.58. The molecule has 6 heteroatoms. The smallest absolute Gasteiger partial charge is 0.150 e. The van der Waals surface area contributed by atoms with Crippen molar-refractivity contribution >= 4 is 53.3 Å². The van der Waals surface area contributed by atoms with E-state index in [1.54, 1.807) is 6.92 Å². The van der Waals surface area contributed by atoms with Crippen molar-refractivity contribution in [3.63, 3.8) is 0 Å². The number of alkyl halides is 2. The molecular weight excluding hydrogens is 427 g/mol. The highest BCUT2D eigenvalue weighted by Gasteiger charge is 2.30. The van der Waals surface area contributed by atoms with E-state index in [0.717, 1.165) is 22.6 Å². The van der Waals surface area contributed by atoms with Crippen LogP contribution in [-0.4, -0.2) is 30.6 Å². The Labute approximate surface area is 143 Å². The fraction of sp³-hybridized carbons (Fsp3) is 0.571. The Kier molecular flexibility index (Phi) is 7.53. The summed E-state index contributed by atoms with van der Waals surface area (Å²) in [4.78, 5) is 0. The largest absolute Gasteiger partial charge is 0.229 e. The summed E-state index contributed by atoms with van der Waals surface area (Å²) >= 11 is 13.2. The van der Waals surface area contributed by atoms with E-state index in [4.69, 9.17) is 11.6 Å². The number of rotatable bonds is 8. The van der Waals surface area contributed by atoms with Crippen LogP contribution in [0.4, 0.5) is 0 Å². The molecule has 0 radical (unpaired) electrons. The quantitative estimate of drug-likeness (QED) is 0.548. The SMILES string of the molecule is CCS(=O)(=O)CCCC(CBr)(CBr)c1cccc(Cl)c1. The maximum Gasteiger partial charge on any atom is 0.150 e. The first-order valence-electron chi connectivity index (χ1n) is 6.47. The van der Waals surface area contributed by atoms with Gasteiger partial charge in [0.15, 0.2) is 0 Å². The van der Waals surface area contributed by atoms with Gasteiger partial charge in [-0.3, -0.25) is 0 Å². The van der Waals surface area contributed by atoms with Gasteiger partial charge in [-0.2, -0.15) is 0 Å². The van der Waals surface area contributed by atoms with Crippen molar-refractivity contribution in [3.8, 4) is 0 Å². The van der Waals surface area contributed by atoms with E-state index in [-0.39, 0.29) is 16.9 Å². The Morgan fingerprint density at radius 3 is 2.40 bits per heavy atom. The van der Waals surface area contributed by atoms with Gasteiger partial charge < -0.3 is 0 Å². The molecule has 2 nitrogen and oxygen atoms in total. The minimum atomic E-state index is -2.91.